The molecule has 1 heterocycles. The Balaban J connectivity index is 1.91. The van der Waals surface area contributed by atoms with Gasteiger partial charge in [0.05, 0.1) is 0 Å². The zero-order chi connectivity index (χ0) is 17.1. The Bertz CT molecular complexity index is 873. The van der Waals surface area contributed by atoms with Crippen LogP contribution in [0.5, 0.6) is 0 Å². The molecule has 122 valence electrons. The molecule has 0 saturated heterocycles. The maximum Gasteiger partial charge on any atom is 0.159 e. The molecule has 0 aliphatic heterocycles. The highest BCUT2D eigenvalue weighted by Crippen LogP contribution is 2.30. The molecule has 0 spiro atoms. The second kappa shape index (κ2) is 6.58. The molecule has 0 amide bonds. The lowest BCUT2D eigenvalue weighted by atomic mass is 10.1. The van der Waals surface area contributed by atoms with Crippen LogP contribution < -0.4 is 16.4 Å². The summed E-state index contributed by atoms with van der Waals surface area (Å²) in [7, 11) is 0. The third-order valence-electron chi connectivity index (χ3n) is 3.93. The average Bonchev–Trinajstić information content (AvgIpc) is 2.56. The second-order valence-corrected chi connectivity index (χ2v) is 5.87. The lowest BCUT2D eigenvalue weighted by Gasteiger charge is -2.15. The van der Waals surface area contributed by atoms with Crippen LogP contribution in [0.4, 0.5) is 28.7 Å². The van der Waals surface area contributed by atoms with Gasteiger partial charge in [0.2, 0.25) is 0 Å². The number of benzene rings is 2. The van der Waals surface area contributed by atoms with Crippen LogP contribution in [-0.2, 0) is 0 Å². The monoisotopic (exact) mass is 319 g/mol. The Morgan fingerprint density at radius 2 is 1.42 bits per heavy atom. The SMILES string of the molecule is Cc1ccc(C)c(Nc2ncnc(Nc3ccccc3C)c2N)c1. The molecule has 3 rings (SSSR count). The zero-order valence-corrected chi connectivity index (χ0v) is 14.1. The maximum absolute atomic E-state index is 6.27. The van der Waals surface area contributed by atoms with E-state index in [1.165, 1.54) is 11.9 Å². The summed E-state index contributed by atoms with van der Waals surface area (Å²) in [6.45, 7) is 6.14. The first-order chi connectivity index (χ1) is 11.5. The Morgan fingerprint density at radius 1 is 0.792 bits per heavy atom. The third kappa shape index (κ3) is 3.30. The summed E-state index contributed by atoms with van der Waals surface area (Å²) >= 11 is 0. The van der Waals surface area contributed by atoms with Gasteiger partial charge in [-0.2, -0.15) is 0 Å². The minimum atomic E-state index is 0.488. The van der Waals surface area contributed by atoms with E-state index < -0.39 is 0 Å². The molecule has 5 heteroatoms. The van der Waals surface area contributed by atoms with E-state index in [2.05, 4.69) is 45.7 Å². The number of hydrogen-bond acceptors (Lipinski definition) is 5. The van der Waals surface area contributed by atoms with Crippen LogP contribution in [0.1, 0.15) is 16.7 Å². The smallest absolute Gasteiger partial charge is 0.159 e. The molecule has 0 radical (unpaired) electrons. The predicted molar refractivity (Wildman–Crippen MR) is 100 cm³/mol. The molecule has 0 fully saturated rings. The van der Waals surface area contributed by atoms with Crippen molar-refractivity contribution in [2.45, 2.75) is 20.8 Å². The minimum Gasteiger partial charge on any atom is -0.393 e. The molecule has 0 bridgehead atoms. The summed E-state index contributed by atoms with van der Waals surface area (Å²) in [5.74, 6) is 1.18. The van der Waals surface area contributed by atoms with Crippen molar-refractivity contribution >= 4 is 28.7 Å². The molecule has 0 saturated carbocycles. The van der Waals surface area contributed by atoms with Crippen molar-refractivity contribution in [2.75, 3.05) is 16.4 Å². The molecule has 0 aliphatic carbocycles. The summed E-state index contributed by atoms with van der Waals surface area (Å²) < 4.78 is 0. The number of nitrogens with one attached hydrogen (secondary N) is 2. The van der Waals surface area contributed by atoms with Crippen molar-refractivity contribution in [2.24, 2.45) is 0 Å². The van der Waals surface area contributed by atoms with Crippen LogP contribution in [0.2, 0.25) is 0 Å². The zero-order valence-electron chi connectivity index (χ0n) is 14.1. The van der Waals surface area contributed by atoms with E-state index in [9.17, 15) is 0 Å². The van der Waals surface area contributed by atoms with Crippen LogP contribution in [0.3, 0.4) is 0 Å². The van der Waals surface area contributed by atoms with E-state index in [0.29, 0.717) is 17.3 Å². The topological polar surface area (TPSA) is 75.9 Å². The summed E-state index contributed by atoms with van der Waals surface area (Å²) in [4.78, 5) is 8.55. The highest BCUT2D eigenvalue weighted by molar-refractivity contribution is 5.81. The fourth-order valence-electron chi connectivity index (χ4n) is 2.43. The summed E-state index contributed by atoms with van der Waals surface area (Å²) in [6.07, 6.45) is 1.50. The van der Waals surface area contributed by atoms with E-state index in [4.69, 9.17) is 5.73 Å². The molecule has 5 nitrogen and oxygen atoms in total. The number of aryl methyl sites for hydroxylation is 3. The Hall–Kier alpha value is -3.08. The van der Waals surface area contributed by atoms with Crippen molar-refractivity contribution in [1.82, 2.24) is 9.97 Å². The second-order valence-electron chi connectivity index (χ2n) is 5.87. The van der Waals surface area contributed by atoms with Gasteiger partial charge in [0, 0.05) is 11.4 Å². The van der Waals surface area contributed by atoms with Gasteiger partial charge in [-0.25, -0.2) is 9.97 Å². The number of nitrogens with zero attached hydrogens (tertiary/aromatic N) is 2. The van der Waals surface area contributed by atoms with Crippen molar-refractivity contribution in [3.05, 3.63) is 65.5 Å². The Kier molecular flexibility index (Phi) is 4.33. The van der Waals surface area contributed by atoms with Crippen LogP contribution in [0.15, 0.2) is 48.8 Å². The van der Waals surface area contributed by atoms with Crippen LogP contribution >= 0.6 is 0 Å². The molecular formula is C19H21N5. The highest BCUT2D eigenvalue weighted by atomic mass is 15.1. The Morgan fingerprint density at radius 3 is 2.12 bits per heavy atom. The van der Waals surface area contributed by atoms with Gasteiger partial charge in [-0.3, -0.25) is 0 Å². The van der Waals surface area contributed by atoms with E-state index in [1.54, 1.807) is 0 Å². The van der Waals surface area contributed by atoms with E-state index >= 15 is 0 Å². The van der Waals surface area contributed by atoms with Gasteiger partial charge >= 0.3 is 0 Å². The van der Waals surface area contributed by atoms with Gasteiger partial charge in [-0.05, 0) is 49.6 Å². The van der Waals surface area contributed by atoms with Gasteiger partial charge in [-0.1, -0.05) is 30.3 Å². The van der Waals surface area contributed by atoms with Crippen molar-refractivity contribution < 1.29 is 0 Å². The first kappa shape index (κ1) is 15.8. The van der Waals surface area contributed by atoms with Gasteiger partial charge in [-0.15, -0.1) is 0 Å². The number of aromatic nitrogens is 2. The van der Waals surface area contributed by atoms with Gasteiger partial charge in [0.25, 0.3) is 0 Å². The molecule has 2 aromatic carbocycles. The summed E-state index contributed by atoms with van der Waals surface area (Å²) in [5.41, 5.74) is 12.1. The van der Waals surface area contributed by atoms with Gasteiger partial charge in [0.15, 0.2) is 11.6 Å². The highest BCUT2D eigenvalue weighted by Gasteiger charge is 2.10. The van der Waals surface area contributed by atoms with E-state index in [0.717, 1.165) is 22.5 Å². The van der Waals surface area contributed by atoms with Crippen LogP contribution in [0, 0.1) is 20.8 Å². The van der Waals surface area contributed by atoms with Crippen molar-refractivity contribution in [1.29, 1.82) is 0 Å². The van der Waals surface area contributed by atoms with Crippen LogP contribution in [-0.4, -0.2) is 9.97 Å². The van der Waals surface area contributed by atoms with Gasteiger partial charge < -0.3 is 16.4 Å². The minimum absolute atomic E-state index is 0.488. The van der Waals surface area contributed by atoms with Crippen molar-refractivity contribution in [3.8, 4) is 0 Å². The first-order valence-electron chi connectivity index (χ1n) is 7.82. The number of hydrogen-bond donors (Lipinski definition) is 3. The predicted octanol–water partition coefficient (Wildman–Crippen LogP) is 4.47. The molecule has 0 atom stereocenters. The summed E-state index contributed by atoms with van der Waals surface area (Å²) in [6, 6.07) is 14.2. The molecule has 0 unspecified atom stereocenters. The maximum atomic E-state index is 6.27. The van der Waals surface area contributed by atoms with Gasteiger partial charge in [0.1, 0.15) is 12.0 Å². The molecule has 24 heavy (non-hydrogen) atoms. The summed E-state index contributed by atoms with van der Waals surface area (Å²) in [5, 5.41) is 6.58. The number of rotatable bonds is 4. The average molecular weight is 319 g/mol. The first-order valence-corrected chi connectivity index (χ1v) is 7.82. The standard InChI is InChI=1S/C19H21N5/c1-12-8-9-14(3)16(10-12)24-19-17(20)18(21-11-22-19)23-15-7-5-4-6-13(15)2/h4-11H,20H2,1-3H3,(H2,21,22,23,24). The molecule has 3 aromatic rings. The quantitative estimate of drug-likeness (QED) is 0.661. The Labute approximate surface area is 142 Å². The number of nitrogen functional groups attached to an aromatic ring is 1. The molecule has 0 aliphatic rings. The number of nitrogens with two attached hydrogens (primary N) is 1. The van der Waals surface area contributed by atoms with E-state index in [-0.39, 0.29) is 0 Å². The largest absolute Gasteiger partial charge is 0.393 e. The lowest BCUT2D eigenvalue weighted by Crippen LogP contribution is -2.06. The molecule has 4 N–H and O–H groups in total. The molecular weight excluding hydrogens is 298 g/mol. The van der Waals surface area contributed by atoms with Crippen LogP contribution in [0.25, 0.3) is 0 Å². The fourth-order valence-corrected chi connectivity index (χ4v) is 2.43. The number of para-hydroxylation sites is 1. The fraction of sp³-hybridized carbons (Fsp3) is 0.158. The molecule has 1 aromatic heterocycles. The normalized spacial score (nSPS) is 10.5. The lowest BCUT2D eigenvalue weighted by molar-refractivity contribution is 1.17. The van der Waals surface area contributed by atoms with Crippen molar-refractivity contribution in [3.63, 3.8) is 0 Å². The number of anilines is 5. The van der Waals surface area contributed by atoms with E-state index in [1.807, 2.05) is 38.1 Å². The third-order valence-corrected chi connectivity index (χ3v) is 3.93.